The molecule has 2 aliphatic heterocycles. The van der Waals surface area contributed by atoms with Crippen LogP contribution in [0.1, 0.15) is 76.3 Å². The summed E-state index contributed by atoms with van der Waals surface area (Å²) < 4.78 is 37.9. The van der Waals surface area contributed by atoms with Gasteiger partial charge in [-0.05, 0) is 141 Å². The van der Waals surface area contributed by atoms with Crippen LogP contribution in [-0.4, -0.2) is 147 Å². The van der Waals surface area contributed by atoms with Crippen molar-refractivity contribution in [3.05, 3.63) is 156 Å². The predicted molar refractivity (Wildman–Crippen MR) is 322 cm³/mol. The quantitative estimate of drug-likeness (QED) is 0.0465. The number of benzene rings is 4. The molecule has 84 heavy (non-hydrogen) atoms. The van der Waals surface area contributed by atoms with Gasteiger partial charge in [0.2, 0.25) is 0 Å². The van der Waals surface area contributed by atoms with Gasteiger partial charge in [0.25, 0.3) is 11.8 Å². The molecule has 6 heterocycles. The Morgan fingerprint density at radius 2 is 0.929 bits per heavy atom. The van der Waals surface area contributed by atoms with Gasteiger partial charge in [0.1, 0.15) is 36.3 Å². The zero-order valence-corrected chi connectivity index (χ0v) is 48.1. The summed E-state index contributed by atoms with van der Waals surface area (Å²) in [6.45, 7) is 9.91. The highest BCUT2D eigenvalue weighted by Gasteiger charge is 2.26. The molecule has 20 nitrogen and oxygen atoms in total. The summed E-state index contributed by atoms with van der Waals surface area (Å²) in [7, 11) is 6.34. The molecule has 0 spiro atoms. The first-order valence-electron chi connectivity index (χ1n) is 28.5. The minimum absolute atomic E-state index is 0.271. The molecule has 4 amide bonds. The van der Waals surface area contributed by atoms with Crippen molar-refractivity contribution in [3.8, 4) is 34.5 Å². The van der Waals surface area contributed by atoms with Gasteiger partial charge < -0.3 is 59.5 Å². The van der Waals surface area contributed by atoms with Gasteiger partial charge in [0, 0.05) is 112 Å². The van der Waals surface area contributed by atoms with Crippen LogP contribution >= 0.6 is 0 Å². The second-order valence-corrected chi connectivity index (χ2v) is 21.2. The van der Waals surface area contributed by atoms with Crippen molar-refractivity contribution in [3.63, 3.8) is 0 Å². The lowest BCUT2D eigenvalue weighted by Gasteiger charge is -2.37. The first-order valence-corrected chi connectivity index (χ1v) is 28.5. The Morgan fingerprint density at radius 3 is 1.31 bits per heavy atom. The molecule has 0 atom stereocenters. The van der Waals surface area contributed by atoms with Crippen molar-refractivity contribution in [2.24, 2.45) is 5.92 Å². The molecular weight excluding hydrogens is 1070 g/mol. The third kappa shape index (κ3) is 14.3. The van der Waals surface area contributed by atoms with Crippen LogP contribution in [-0.2, 0) is 9.47 Å². The first-order chi connectivity index (χ1) is 40.9. The lowest BCUT2D eigenvalue weighted by Crippen LogP contribution is -2.41. The molecule has 2 aliphatic rings. The maximum absolute atomic E-state index is 13.5. The fraction of sp³-hybridized carbons (Fsp3) is 0.344. The second-order valence-electron chi connectivity index (χ2n) is 21.2. The zero-order chi connectivity index (χ0) is 58.5. The molecular formula is C64H72N10O10. The molecule has 0 radical (unpaired) electrons. The van der Waals surface area contributed by atoms with Crippen LogP contribution in [0.3, 0.4) is 0 Å². The smallest absolute Gasteiger partial charge is 0.325 e. The van der Waals surface area contributed by atoms with E-state index in [-0.39, 0.29) is 37.1 Å². The second kappa shape index (κ2) is 27.5. The van der Waals surface area contributed by atoms with Gasteiger partial charge in [-0.15, -0.1) is 0 Å². The number of piperidine rings is 2. The number of anilines is 2. The SMILES string of the molecule is CNC(=O)n1ccc2cc(Oc3ccnc(NC(=O)c4ccc(C5CCN(CC(C)CN6CCC(c7ccc(C(=O)Nc8cc(Oc9cc%10ccn(C(=O)NC)c%10cc9OCCOC)ccn8)cc7)CC6)CC5)cc4)c3)c(OCCOC)cc21. The third-order valence-electron chi connectivity index (χ3n) is 15.5. The number of rotatable bonds is 22. The molecule has 8 aromatic rings. The van der Waals surface area contributed by atoms with Gasteiger partial charge in [-0.2, -0.15) is 0 Å². The number of methoxy groups -OCH3 is 2. The monoisotopic (exact) mass is 1140 g/mol. The number of aromatic nitrogens is 4. The molecule has 438 valence electrons. The lowest BCUT2D eigenvalue weighted by atomic mass is 9.88. The summed E-state index contributed by atoms with van der Waals surface area (Å²) in [6.07, 6.45) is 10.8. The summed E-state index contributed by atoms with van der Waals surface area (Å²) >= 11 is 0. The van der Waals surface area contributed by atoms with Crippen LogP contribution in [0.15, 0.2) is 134 Å². The minimum atomic E-state index is -0.276. The lowest BCUT2D eigenvalue weighted by molar-refractivity contribution is 0.101. The van der Waals surface area contributed by atoms with E-state index in [1.807, 2.05) is 48.5 Å². The van der Waals surface area contributed by atoms with Crippen LogP contribution in [0, 0.1) is 5.92 Å². The molecule has 20 heteroatoms. The van der Waals surface area contributed by atoms with Crippen molar-refractivity contribution in [1.82, 2.24) is 39.5 Å². The van der Waals surface area contributed by atoms with Crippen LogP contribution in [0.4, 0.5) is 21.2 Å². The van der Waals surface area contributed by atoms with E-state index >= 15 is 0 Å². The predicted octanol–water partition coefficient (Wildman–Crippen LogP) is 10.6. The number of nitrogens with zero attached hydrogens (tertiary/aromatic N) is 6. The molecule has 4 N–H and O–H groups in total. The van der Waals surface area contributed by atoms with E-state index in [0.29, 0.717) is 99.3 Å². The Kier molecular flexibility index (Phi) is 19.1. The van der Waals surface area contributed by atoms with Gasteiger partial charge in [-0.1, -0.05) is 31.2 Å². The van der Waals surface area contributed by atoms with Crippen molar-refractivity contribution < 1.29 is 47.6 Å². The van der Waals surface area contributed by atoms with Gasteiger partial charge in [-0.25, -0.2) is 19.6 Å². The van der Waals surface area contributed by atoms with Crippen LogP contribution in [0.25, 0.3) is 21.8 Å². The van der Waals surface area contributed by atoms with Crippen molar-refractivity contribution in [2.75, 3.05) is 105 Å². The topological polar surface area (TPSA) is 214 Å². The standard InChI is InChI=1S/C64H72N10O10/c1-42(40-71-24-16-45(17-25-71)43-6-10-47(11-7-43)61(75)69-59-36-51(14-22-67-59)83-57-34-49-20-28-73(63(77)65-2)53(49)38-55(57)81-32-30-79-4)41-72-26-18-46(19-27-72)44-8-12-48(13-9-44)62(76)70-60-37-52(15-23-68-60)84-58-35-50-21-29-74(64(78)66-3)54(50)39-56(58)82-33-31-80-5/h6-15,20-23,28-29,34-39,42,45-46H,16-19,24-27,30-33,40-41H2,1-5H3,(H,65,77)(H,66,78)(H,67,69,75)(H,68,70,76). The van der Waals surface area contributed by atoms with Crippen molar-refractivity contribution >= 4 is 57.3 Å². The molecule has 10 rings (SSSR count). The van der Waals surface area contributed by atoms with E-state index < -0.39 is 0 Å². The summed E-state index contributed by atoms with van der Waals surface area (Å²) in [5.74, 6) is 4.16. The number of pyridine rings is 2. The largest absolute Gasteiger partial charge is 0.487 e. The van der Waals surface area contributed by atoms with E-state index in [0.717, 1.165) is 75.7 Å². The van der Waals surface area contributed by atoms with Crippen molar-refractivity contribution in [1.29, 1.82) is 0 Å². The Balaban J connectivity index is 0.648. The molecule has 0 aliphatic carbocycles. The Labute approximate surface area is 488 Å². The molecule has 4 aromatic heterocycles. The number of carbonyl (C=O) groups excluding carboxylic acids is 4. The number of hydrogen-bond donors (Lipinski definition) is 4. The molecule has 0 bridgehead atoms. The number of nitrogens with one attached hydrogen (secondary N) is 4. The Bertz CT molecular complexity index is 3340. The van der Waals surface area contributed by atoms with Gasteiger partial charge in [0.05, 0.1) is 24.2 Å². The maximum Gasteiger partial charge on any atom is 0.325 e. The maximum atomic E-state index is 13.5. The molecule has 2 fully saturated rings. The van der Waals surface area contributed by atoms with Crippen LogP contribution < -0.4 is 40.2 Å². The fourth-order valence-corrected chi connectivity index (χ4v) is 11.1. The van der Waals surface area contributed by atoms with Gasteiger partial charge in [-0.3, -0.25) is 18.7 Å². The van der Waals surface area contributed by atoms with E-state index in [4.69, 9.17) is 28.4 Å². The van der Waals surface area contributed by atoms with Crippen LogP contribution in [0.2, 0.25) is 0 Å². The summed E-state index contributed by atoms with van der Waals surface area (Å²) in [4.78, 5) is 65.8. The van der Waals surface area contributed by atoms with E-state index in [1.165, 1.54) is 20.3 Å². The average Bonchev–Trinajstić information content (AvgIpc) is 4.36. The number of amides is 4. The minimum Gasteiger partial charge on any atom is -0.487 e. The molecule has 0 unspecified atom stereocenters. The van der Waals surface area contributed by atoms with Crippen LogP contribution in [0.5, 0.6) is 34.5 Å². The molecule has 0 saturated carbocycles. The highest BCUT2D eigenvalue weighted by Crippen LogP contribution is 2.39. The number of fused-ring (bicyclic) bond motifs is 2. The number of ether oxygens (including phenoxy) is 6. The van der Waals surface area contributed by atoms with Gasteiger partial charge in [0.15, 0.2) is 23.0 Å². The average molecular weight is 1140 g/mol. The highest BCUT2D eigenvalue weighted by atomic mass is 16.5. The van der Waals surface area contributed by atoms with E-state index in [2.05, 4.69) is 72.2 Å². The first kappa shape index (κ1) is 58.4. The molecule has 2 saturated heterocycles. The number of likely N-dealkylation sites (tertiary alicyclic amines) is 2. The zero-order valence-electron chi connectivity index (χ0n) is 48.1. The van der Waals surface area contributed by atoms with E-state index in [9.17, 15) is 19.2 Å². The van der Waals surface area contributed by atoms with Crippen molar-refractivity contribution in [2.45, 2.75) is 44.4 Å². The summed E-state index contributed by atoms with van der Waals surface area (Å²) in [6, 6.07) is 32.8. The number of carbonyl (C=O) groups is 4. The van der Waals surface area contributed by atoms with Gasteiger partial charge >= 0.3 is 12.1 Å². The highest BCUT2D eigenvalue weighted by molar-refractivity contribution is 6.04. The summed E-state index contributed by atoms with van der Waals surface area (Å²) in [5.41, 5.74) is 4.88. The normalized spacial score (nSPS) is 14.4. The molecule has 4 aromatic carbocycles. The van der Waals surface area contributed by atoms with E-state index in [1.54, 1.807) is 89.5 Å². The third-order valence-corrected chi connectivity index (χ3v) is 15.5. The Hall–Kier alpha value is -8.82. The number of hydrogen-bond acceptors (Lipinski definition) is 14. The summed E-state index contributed by atoms with van der Waals surface area (Å²) in [5, 5.41) is 12.7. The Morgan fingerprint density at radius 1 is 0.524 bits per heavy atom. The fourth-order valence-electron chi connectivity index (χ4n) is 11.1.